The third kappa shape index (κ3) is 4.48. The Morgan fingerprint density at radius 2 is 2.12 bits per heavy atom. The largest absolute Gasteiger partial charge is 0.361 e. The van der Waals surface area contributed by atoms with Gasteiger partial charge in [0.05, 0.1) is 5.69 Å². The van der Waals surface area contributed by atoms with E-state index in [1.807, 2.05) is 13.8 Å². The molecule has 0 bridgehead atoms. The van der Waals surface area contributed by atoms with Gasteiger partial charge in [0.2, 0.25) is 0 Å². The van der Waals surface area contributed by atoms with Crippen molar-refractivity contribution in [3.05, 3.63) is 17.0 Å². The third-order valence-electron chi connectivity index (χ3n) is 3.13. The van der Waals surface area contributed by atoms with E-state index in [1.54, 1.807) is 0 Å². The lowest BCUT2D eigenvalue weighted by Gasteiger charge is -2.20. The molecule has 0 aromatic carbocycles. The second kappa shape index (κ2) is 6.77. The first-order chi connectivity index (χ1) is 8.04. The zero-order valence-corrected chi connectivity index (χ0v) is 11.5. The fourth-order valence-corrected chi connectivity index (χ4v) is 2.12. The lowest BCUT2D eigenvalue weighted by molar-refractivity contribution is 0.306. The SMILES string of the molecule is CCC[C@@H](N)CN(C)CCc1c(C)noc1C. The molecule has 0 aliphatic heterocycles. The summed E-state index contributed by atoms with van der Waals surface area (Å²) in [7, 11) is 2.12. The fraction of sp³-hybridized carbons (Fsp3) is 0.769. The van der Waals surface area contributed by atoms with Crippen LogP contribution in [-0.4, -0.2) is 36.2 Å². The first-order valence-electron chi connectivity index (χ1n) is 6.40. The van der Waals surface area contributed by atoms with Gasteiger partial charge in [-0.2, -0.15) is 0 Å². The predicted molar refractivity (Wildman–Crippen MR) is 70.1 cm³/mol. The van der Waals surface area contributed by atoms with E-state index in [-0.39, 0.29) is 6.04 Å². The van der Waals surface area contributed by atoms with Crippen LogP contribution in [0.25, 0.3) is 0 Å². The van der Waals surface area contributed by atoms with Crippen molar-refractivity contribution in [2.24, 2.45) is 5.73 Å². The summed E-state index contributed by atoms with van der Waals surface area (Å²) >= 11 is 0. The fourth-order valence-electron chi connectivity index (χ4n) is 2.12. The molecule has 0 amide bonds. The molecule has 1 aromatic heterocycles. The third-order valence-corrected chi connectivity index (χ3v) is 3.13. The lowest BCUT2D eigenvalue weighted by atomic mass is 10.1. The van der Waals surface area contributed by atoms with Gasteiger partial charge in [-0.3, -0.25) is 0 Å². The zero-order chi connectivity index (χ0) is 12.8. The van der Waals surface area contributed by atoms with Gasteiger partial charge < -0.3 is 15.2 Å². The summed E-state index contributed by atoms with van der Waals surface area (Å²) in [6, 6.07) is 0.287. The molecule has 0 saturated heterocycles. The molecule has 0 radical (unpaired) electrons. The van der Waals surface area contributed by atoms with Crippen molar-refractivity contribution in [2.75, 3.05) is 20.1 Å². The van der Waals surface area contributed by atoms with Gasteiger partial charge in [-0.05, 0) is 33.7 Å². The predicted octanol–water partition coefficient (Wildman–Crippen LogP) is 1.89. The van der Waals surface area contributed by atoms with Crippen molar-refractivity contribution in [3.8, 4) is 0 Å². The van der Waals surface area contributed by atoms with Gasteiger partial charge in [0.1, 0.15) is 5.76 Å². The second-order valence-corrected chi connectivity index (χ2v) is 4.86. The maximum Gasteiger partial charge on any atom is 0.137 e. The summed E-state index contributed by atoms with van der Waals surface area (Å²) in [5, 5.41) is 3.97. The Kier molecular flexibility index (Phi) is 5.65. The van der Waals surface area contributed by atoms with Gasteiger partial charge in [0.15, 0.2) is 0 Å². The molecular weight excluding hydrogens is 214 g/mol. The van der Waals surface area contributed by atoms with Gasteiger partial charge in [-0.15, -0.1) is 0 Å². The van der Waals surface area contributed by atoms with Gasteiger partial charge in [-0.25, -0.2) is 0 Å². The number of aromatic nitrogens is 1. The molecule has 1 aromatic rings. The minimum atomic E-state index is 0.287. The summed E-state index contributed by atoms with van der Waals surface area (Å²) in [5.41, 5.74) is 8.27. The van der Waals surface area contributed by atoms with E-state index in [1.165, 1.54) is 5.56 Å². The van der Waals surface area contributed by atoms with Crippen molar-refractivity contribution in [2.45, 2.75) is 46.1 Å². The molecule has 0 aliphatic rings. The maximum absolute atomic E-state index is 6.02. The van der Waals surface area contributed by atoms with Gasteiger partial charge in [0, 0.05) is 24.7 Å². The topological polar surface area (TPSA) is 55.3 Å². The number of hydrogen-bond acceptors (Lipinski definition) is 4. The molecule has 1 heterocycles. The standard InChI is InChI=1S/C13H25N3O/c1-5-6-12(14)9-16(4)8-7-13-10(2)15-17-11(13)3/h12H,5-9,14H2,1-4H3/t12-/m1/s1. The highest BCUT2D eigenvalue weighted by atomic mass is 16.5. The van der Waals surface area contributed by atoms with Crippen molar-refractivity contribution in [3.63, 3.8) is 0 Å². The number of aryl methyl sites for hydroxylation is 2. The molecule has 0 aliphatic carbocycles. The zero-order valence-electron chi connectivity index (χ0n) is 11.5. The van der Waals surface area contributed by atoms with E-state index in [4.69, 9.17) is 10.3 Å². The average molecular weight is 239 g/mol. The molecule has 0 spiro atoms. The highest BCUT2D eigenvalue weighted by Gasteiger charge is 2.11. The van der Waals surface area contributed by atoms with Crippen LogP contribution in [0.15, 0.2) is 4.52 Å². The molecule has 98 valence electrons. The van der Waals surface area contributed by atoms with E-state index in [0.717, 1.165) is 43.8 Å². The first kappa shape index (κ1) is 14.2. The Morgan fingerprint density at radius 1 is 1.41 bits per heavy atom. The minimum absolute atomic E-state index is 0.287. The van der Waals surface area contributed by atoms with Crippen LogP contribution >= 0.6 is 0 Å². The van der Waals surface area contributed by atoms with E-state index >= 15 is 0 Å². The minimum Gasteiger partial charge on any atom is -0.361 e. The molecule has 17 heavy (non-hydrogen) atoms. The van der Waals surface area contributed by atoms with Crippen molar-refractivity contribution in [1.82, 2.24) is 10.1 Å². The van der Waals surface area contributed by atoms with Gasteiger partial charge in [-0.1, -0.05) is 18.5 Å². The number of likely N-dealkylation sites (N-methyl/N-ethyl adjacent to an activating group) is 1. The summed E-state index contributed by atoms with van der Waals surface area (Å²) in [4.78, 5) is 2.28. The molecule has 4 nitrogen and oxygen atoms in total. The Bertz CT molecular complexity index is 316. The van der Waals surface area contributed by atoms with Crippen molar-refractivity contribution >= 4 is 0 Å². The molecule has 0 unspecified atom stereocenters. The quantitative estimate of drug-likeness (QED) is 0.789. The number of rotatable bonds is 7. The monoisotopic (exact) mass is 239 g/mol. The average Bonchev–Trinajstić information content (AvgIpc) is 2.56. The van der Waals surface area contributed by atoms with Crippen LogP contribution in [0.2, 0.25) is 0 Å². The molecule has 1 rings (SSSR count). The van der Waals surface area contributed by atoms with Crippen molar-refractivity contribution in [1.29, 1.82) is 0 Å². The van der Waals surface area contributed by atoms with Gasteiger partial charge >= 0.3 is 0 Å². The van der Waals surface area contributed by atoms with Crippen LogP contribution in [0.5, 0.6) is 0 Å². The summed E-state index contributed by atoms with van der Waals surface area (Å²) in [5.74, 6) is 0.939. The second-order valence-electron chi connectivity index (χ2n) is 4.86. The Balaban J connectivity index is 2.35. The van der Waals surface area contributed by atoms with E-state index < -0.39 is 0 Å². The summed E-state index contributed by atoms with van der Waals surface area (Å²) in [6.45, 7) is 8.09. The molecular formula is C13H25N3O. The normalized spacial score (nSPS) is 13.3. The maximum atomic E-state index is 6.02. The van der Waals surface area contributed by atoms with Crippen LogP contribution in [-0.2, 0) is 6.42 Å². The molecule has 4 heteroatoms. The van der Waals surface area contributed by atoms with E-state index in [9.17, 15) is 0 Å². The molecule has 2 N–H and O–H groups in total. The van der Waals surface area contributed by atoms with Crippen LogP contribution in [0, 0.1) is 13.8 Å². The molecule has 0 fully saturated rings. The molecule has 0 saturated carbocycles. The highest BCUT2D eigenvalue weighted by molar-refractivity contribution is 5.20. The van der Waals surface area contributed by atoms with E-state index in [2.05, 4.69) is 24.0 Å². The Morgan fingerprint density at radius 3 is 2.65 bits per heavy atom. The summed E-state index contributed by atoms with van der Waals surface area (Å²) < 4.78 is 5.15. The molecule has 1 atom stereocenters. The lowest BCUT2D eigenvalue weighted by Crippen LogP contribution is -2.36. The van der Waals surface area contributed by atoms with Crippen LogP contribution in [0.4, 0.5) is 0 Å². The summed E-state index contributed by atoms with van der Waals surface area (Å²) in [6.07, 6.45) is 3.23. The Hall–Kier alpha value is -0.870. The van der Waals surface area contributed by atoms with Crippen molar-refractivity contribution < 1.29 is 4.52 Å². The van der Waals surface area contributed by atoms with E-state index in [0.29, 0.717) is 0 Å². The van der Waals surface area contributed by atoms with Gasteiger partial charge in [0.25, 0.3) is 0 Å². The smallest absolute Gasteiger partial charge is 0.137 e. The number of nitrogens with two attached hydrogens (primary N) is 1. The number of hydrogen-bond donors (Lipinski definition) is 1. The Labute approximate surface area is 104 Å². The van der Waals surface area contributed by atoms with Crippen LogP contribution < -0.4 is 5.73 Å². The van der Waals surface area contributed by atoms with Crippen LogP contribution in [0.1, 0.15) is 36.8 Å². The highest BCUT2D eigenvalue weighted by Crippen LogP contribution is 2.13. The van der Waals surface area contributed by atoms with Crippen LogP contribution in [0.3, 0.4) is 0 Å². The number of nitrogens with zero attached hydrogens (tertiary/aromatic N) is 2. The first-order valence-corrected chi connectivity index (χ1v) is 6.40.